The van der Waals surface area contributed by atoms with Crippen LogP contribution in [0.2, 0.25) is 0 Å². The molecule has 0 bridgehead atoms. The third-order valence-electron chi connectivity index (χ3n) is 8.58. The van der Waals surface area contributed by atoms with Gasteiger partial charge >= 0.3 is 6.18 Å². The average Bonchev–Trinajstić information content (AvgIpc) is 3.44. The van der Waals surface area contributed by atoms with E-state index in [-0.39, 0.29) is 0 Å². The van der Waals surface area contributed by atoms with Gasteiger partial charge in [-0.2, -0.15) is 13.2 Å². The first kappa shape index (κ1) is 30.1. The molecule has 1 aromatic heterocycles. The number of nitrogens with zero attached hydrogens (tertiary/aromatic N) is 2. The van der Waals surface area contributed by atoms with E-state index in [4.69, 9.17) is 0 Å². The highest BCUT2D eigenvalue weighted by Gasteiger charge is 2.32. The highest BCUT2D eigenvalue weighted by Crippen LogP contribution is 2.37. The van der Waals surface area contributed by atoms with E-state index >= 15 is 0 Å². The molecule has 2 aromatic carbocycles. The summed E-state index contributed by atoms with van der Waals surface area (Å²) in [6.45, 7) is 8.90. The van der Waals surface area contributed by atoms with Crippen molar-refractivity contribution in [2.24, 2.45) is 0 Å². The van der Waals surface area contributed by atoms with Crippen molar-refractivity contribution >= 4 is 22.0 Å². The first-order valence-corrected chi connectivity index (χ1v) is 15.2. The summed E-state index contributed by atoms with van der Waals surface area (Å²) in [5.41, 5.74) is 11.3. The predicted octanol–water partition coefficient (Wildman–Crippen LogP) is 9.17. The average molecular weight is 574 g/mol. The molecule has 0 atom stereocenters. The van der Waals surface area contributed by atoms with Gasteiger partial charge in [-0.05, 0) is 102 Å². The molecule has 2 heterocycles. The summed E-state index contributed by atoms with van der Waals surface area (Å²) in [5.74, 6) is 0. The summed E-state index contributed by atoms with van der Waals surface area (Å²) in [6.07, 6.45) is 9.12. The second-order valence-corrected chi connectivity index (χ2v) is 11.7. The minimum Gasteiger partial charge on any atom is -0.361 e. The number of piperazine rings is 1. The maximum atomic E-state index is 12.7. The Kier molecular flexibility index (Phi) is 9.54. The molecule has 5 rings (SSSR count). The molecule has 1 aliphatic carbocycles. The monoisotopic (exact) mass is 573 g/mol. The first-order chi connectivity index (χ1) is 20.2. The third-order valence-corrected chi connectivity index (χ3v) is 8.58. The van der Waals surface area contributed by atoms with Crippen LogP contribution in [0, 0.1) is 0 Å². The number of nitrogens with one attached hydrogen (secondary N) is 1. The number of aromatic nitrogens is 1. The molecule has 222 valence electrons. The molecule has 0 unspecified atom stereocenters. The molecule has 0 radical (unpaired) electrons. The number of aromatic amines is 1. The van der Waals surface area contributed by atoms with Crippen LogP contribution in [0.3, 0.4) is 0 Å². The van der Waals surface area contributed by atoms with Gasteiger partial charge in [0.2, 0.25) is 0 Å². The van der Waals surface area contributed by atoms with E-state index in [9.17, 15) is 13.2 Å². The molecule has 42 heavy (non-hydrogen) atoms. The van der Waals surface area contributed by atoms with Gasteiger partial charge < -0.3 is 4.98 Å². The zero-order chi connectivity index (χ0) is 29.7. The van der Waals surface area contributed by atoms with Gasteiger partial charge in [-0.25, -0.2) is 0 Å². The molecule has 6 heteroatoms. The Bertz CT molecular complexity index is 1490. The topological polar surface area (TPSA) is 22.3 Å². The van der Waals surface area contributed by atoms with E-state index in [0.29, 0.717) is 26.2 Å². The molecule has 0 amide bonds. The lowest BCUT2D eigenvalue weighted by Crippen LogP contribution is -2.48. The number of H-pyrrole nitrogens is 1. The predicted molar refractivity (Wildman–Crippen MR) is 169 cm³/mol. The Morgan fingerprint density at radius 3 is 2.40 bits per heavy atom. The molecule has 0 spiro atoms. The van der Waals surface area contributed by atoms with Crippen LogP contribution in [-0.4, -0.2) is 53.7 Å². The molecule has 3 nitrogen and oxygen atoms in total. The molecular formula is C36H42F3N3. The van der Waals surface area contributed by atoms with E-state index in [0.717, 1.165) is 37.7 Å². The van der Waals surface area contributed by atoms with Gasteiger partial charge in [0.1, 0.15) is 0 Å². The molecule has 1 fully saturated rings. The Balaban J connectivity index is 1.38. The maximum absolute atomic E-state index is 12.7. The Morgan fingerprint density at radius 2 is 1.69 bits per heavy atom. The van der Waals surface area contributed by atoms with Crippen molar-refractivity contribution < 1.29 is 13.2 Å². The standard InChI is InChI=1S/C36H42F3N3/c1-4-5-9-33(31-14-15-35-32(22-31)16-17-40-35)34-23-30(8-6-7-26(2)27(34)3)29-12-10-28(11-13-29)24-41-18-20-42(21-19-41)25-36(37,38)39/h8-17,22-23,40H,4-7,18-21,24-25H2,1-3H3/b27-26+,30-8+,33-9-,34-23-. The van der Waals surface area contributed by atoms with Gasteiger partial charge in [0.25, 0.3) is 0 Å². The van der Waals surface area contributed by atoms with Crippen LogP contribution in [0.1, 0.15) is 63.1 Å². The number of allylic oxidation sites excluding steroid dienone is 8. The number of benzene rings is 2. The molecule has 3 aromatic rings. The SMILES string of the molecule is CCC\C=C(C1=C\C(c2ccc(CN3CCN(CC(F)(F)F)CC3)cc2)=C/CC\C(C)=C\1C)\c1ccc2[nH]ccc2c1. The van der Waals surface area contributed by atoms with Crippen molar-refractivity contribution in [3.63, 3.8) is 0 Å². The first-order valence-electron chi connectivity index (χ1n) is 15.2. The Hall–Kier alpha value is -3.35. The lowest BCUT2D eigenvalue weighted by Gasteiger charge is -2.35. The van der Waals surface area contributed by atoms with Crippen molar-refractivity contribution in [3.05, 3.63) is 106 Å². The van der Waals surface area contributed by atoms with Crippen LogP contribution in [0.4, 0.5) is 13.2 Å². The largest absolute Gasteiger partial charge is 0.401 e. The summed E-state index contributed by atoms with van der Waals surface area (Å²) in [6, 6.07) is 17.6. The summed E-state index contributed by atoms with van der Waals surface area (Å²) in [4.78, 5) is 7.06. The van der Waals surface area contributed by atoms with Gasteiger partial charge in [0.05, 0.1) is 6.54 Å². The highest BCUT2D eigenvalue weighted by atomic mass is 19.4. The molecule has 1 aliphatic heterocycles. The normalized spacial score (nSPS) is 22.4. The van der Waals surface area contributed by atoms with E-state index in [2.05, 4.69) is 97.4 Å². The quantitative estimate of drug-likeness (QED) is 0.290. The van der Waals surface area contributed by atoms with Crippen molar-refractivity contribution in [3.8, 4) is 0 Å². The fourth-order valence-electron chi connectivity index (χ4n) is 5.98. The van der Waals surface area contributed by atoms with Gasteiger partial charge in [-0.15, -0.1) is 0 Å². The van der Waals surface area contributed by atoms with Crippen LogP contribution >= 0.6 is 0 Å². The summed E-state index contributed by atoms with van der Waals surface area (Å²) in [7, 11) is 0. The molecule has 1 saturated heterocycles. The lowest BCUT2D eigenvalue weighted by molar-refractivity contribution is -0.149. The molecule has 1 N–H and O–H groups in total. The van der Waals surface area contributed by atoms with Crippen molar-refractivity contribution in [2.75, 3.05) is 32.7 Å². The van der Waals surface area contributed by atoms with Crippen LogP contribution in [-0.2, 0) is 6.54 Å². The highest BCUT2D eigenvalue weighted by molar-refractivity contribution is 5.92. The van der Waals surface area contributed by atoms with Crippen LogP contribution in [0.25, 0.3) is 22.0 Å². The fraction of sp³-hybridized carbons (Fsp3) is 0.389. The van der Waals surface area contributed by atoms with Crippen LogP contribution in [0.5, 0.6) is 0 Å². The zero-order valence-corrected chi connectivity index (χ0v) is 25.0. The number of halogens is 3. The second-order valence-electron chi connectivity index (χ2n) is 11.7. The Labute approximate surface area is 248 Å². The smallest absolute Gasteiger partial charge is 0.361 e. The Morgan fingerprint density at radius 1 is 0.952 bits per heavy atom. The third kappa shape index (κ3) is 7.53. The van der Waals surface area contributed by atoms with Crippen molar-refractivity contribution in [1.29, 1.82) is 0 Å². The fourth-order valence-corrected chi connectivity index (χ4v) is 5.98. The van der Waals surface area contributed by atoms with E-state index in [1.54, 1.807) is 0 Å². The van der Waals surface area contributed by atoms with E-state index < -0.39 is 12.7 Å². The molecular weight excluding hydrogens is 531 g/mol. The van der Waals surface area contributed by atoms with Crippen molar-refractivity contribution in [1.82, 2.24) is 14.8 Å². The van der Waals surface area contributed by atoms with Gasteiger partial charge in [-0.1, -0.05) is 61.4 Å². The van der Waals surface area contributed by atoms with Gasteiger partial charge in [-0.3, -0.25) is 9.80 Å². The van der Waals surface area contributed by atoms with Crippen molar-refractivity contribution in [2.45, 2.75) is 59.2 Å². The second kappa shape index (κ2) is 13.3. The number of unbranched alkanes of at least 4 members (excludes halogenated alkanes) is 1. The number of hydrogen-bond donors (Lipinski definition) is 1. The number of alkyl halides is 3. The van der Waals surface area contributed by atoms with E-state index in [1.165, 1.54) is 54.8 Å². The van der Waals surface area contributed by atoms with Crippen LogP contribution in [0.15, 0.2) is 89.7 Å². The number of rotatable bonds is 8. The number of hydrogen-bond acceptors (Lipinski definition) is 2. The summed E-state index contributed by atoms with van der Waals surface area (Å²) in [5, 5.41) is 1.22. The summed E-state index contributed by atoms with van der Waals surface area (Å²) >= 11 is 0. The molecule has 0 saturated carbocycles. The summed E-state index contributed by atoms with van der Waals surface area (Å²) < 4.78 is 38.2. The number of fused-ring (bicyclic) bond motifs is 1. The maximum Gasteiger partial charge on any atom is 0.401 e. The van der Waals surface area contributed by atoms with Gasteiger partial charge in [0.15, 0.2) is 0 Å². The minimum atomic E-state index is -4.13. The zero-order valence-electron chi connectivity index (χ0n) is 25.0. The lowest BCUT2D eigenvalue weighted by atomic mass is 9.84. The van der Waals surface area contributed by atoms with Gasteiger partial charge in [0, 0.05) is 44.4 Å². The van der Waals surface area contributed by atoms with Crippen LogP contribution < -0.4 is 0 Å². The minimum absolute atomic E-state index is 0.454. The molecule has 2 aliphatic rings. The van der Waals surface area contributed by atoms with E-state index in [1.807, 2.05) is 6.20 Å².